The van der Waals surface area contributed by atoms with Crippen molar-refractivity contribution in [1.29, 1.82) is 0 Å². The second-order valence-corrected chi connectivity index (χ2v) is 4.79. The Morgan fingerprint density at radius 3 is 2.55 bits per heavy atom. The molecule has 0 aliphatic heterocycles. The van der Waals surface area contributed by atoms with E-state index in [1.165, 1.54) is 19.1 Å². The zero-order valence-electron chi connectivity index (χ0n) is 11.7. The van der Waals surface area contributed by atoms with Gasteiger partial charge in [-0.2, -0.15) is 0 Å². The molecular weight excluding hydrogens is 262 g/mol. The van der Waals surface area contributed by atoms with Crippen LogP contribution in [0.3, 0.4) is 0 Å². The van der Waals surface area contributed by atoms with Crippen LogP contribution in [0.4, 0.5) is 8.78 Å². The molecular formula is C15H16F2N2O. The first-order valence-corrected chi connectivity index (χ1v) is 6.50. The van der Waals surface area contributed by atoms with Gasteiger partial charge in [-0.1, -0.05) is 13.0 Å². The predicted molar refractivity (Wildman–Crippen MR) is 73.7 cm³/mol. The van der Waals surface area contributed by atoms with E-state index in [0.717, 1.165) is 6.42 Å². The van der Waals surface area contributed by atoms with Crippen LogP contribution in [-0.2, 0) is 6.42 Å². The first kappa shape index (κ1) is 14.4. The van der Waals surface area contributed by atoms with Crippen LogP contribution in [0.1, 0.15) is 30.3 Å². The summed E-state index contributed by atoms with van der Waals surface area (Å²) in [6.45, 7) is 4.99. The first-order valence-electron chi connectivity index (χ1n) is 6.50. The monoisotopic (exact) mass is 278 g/mol. The largest absolute Gasteiger partial charge is 0.310 e. The molecule has 1 N–H and O–H groups in total. The molecule has 20 heavy (non-hydrogen) atoms. The normalized spacial score (nSPS) is 10.8. The number of nitrogens with zero attached hydrogens (tertiary/aromatic N) is 1. The highest BCUT2D eigenvalue weighted by Crippen LogP contribution is 2.26. The van der Waals surface area contributed by atoms with Gasteiger partial charge >= 0.3 is 0 Å². The van der Waals surface area contributed by atoms with Crippen molar-refractivity contribution in [2.75, 3.05) is 0 Å². The Labute approximate surface area is 115 Å². The van der Waals surface area contributed by atoms with Crippen molar-refractivity contribution in [3.63, 3.8) is 0 Å². The molecule has 1 aromatic carbocycles. The molecule has 1 aromatic heterocycles. The average molecular weight is 278 g/mol. The van der Waals surface area contributed by atoms with E-state index in [9.17, 15) is 13.6 Å². The Kier molecular flexibility index (Phi) is 3.97. The SMILES string of the molecule is CCCc1nc(-c2ccc(C)c(F)c2F)c(C)c(=O)[nH]1. The molecule has 2 rings (SSSR count). The van der Waals surface area contributed by atoms with Gasteiger partial charge in [0.05, 0.1) is 5.69 Å². The number of aromatic amines is 1. The average Bonchev–Trinajstić information content (AvgIpc) is 2.41. The van der Waals surface area contributed by atoms with Gasteiger partial charge in [0, 0.05) is 17.5 Å². The maximum Gasteiger partial charge on any atom is 0.254 e. The highest BCUT2D eigenvalue weighted by Gasteiger charge is 2.17. The van der Waals surface area contributed by atoms with E-state index in [2.05, 4.69) is 9.97 Å². The van der Waals surface area contributed by atoms with Gasteiger partial charge < -0.3 is 4.98 Å². The third kappa shape index (κ3) is 2.48. The number of hydrogen-bond donors (Lipinski definition) is 1. The van der Waals surface area contributed by atoms with E-state index in [1.807, 2.05) is 6.92 Å². The summed E-state index contributed by atoms with van der Waals surface area (Å²) in [6.07, 6.45) is 1.38. The van der Waals surface area contributed by atoms with Crippen molar-refractivity contribution in [2.24, 2.45) is 0 Å². The van der Waals surface area contributed by atoms with E-state index in [1.54, 1.807) is 6.92 Å². The molecule has 0 fully saturated rings. The van der Waals surface area contributed by atoms with Gasteiger partial charge in [0.2, 0.25) is 0 Å². The van der Waals surface area contributed by atoms with Crippen LogP contribution in [-0.4, -0.2) is 9.97 Å². The van der Waals surface area contributed by atoms with Crippen LogP contribution >= 0.6 is 0 Å². The minimum Gasteiger partial charge on any atom is -0.310 e. The molecule has 0 radical (unpaired) electrons. The van der Waals surface area contributed by atoms with E-state index in [-0.39, 0.29) is 27.9 Å². The van der Waals surface area contributed by atoms with Crippen LogP contribution in [0.15, 0.2) is 16.9 Å². The Bertz CT molecular complexity index is 708. The van der Waals surface area contributed by atoms with Crippen LogP contribution in [0, 0.1) is 25.5 Å². The number of aryl methyl sites for hydroxylation is 2. The predicted octanol–water partition coefficient (Wildman–Crippen LogP) is 3.28. The first-order chi connectivity index (χ1) is 9.45. The molecule has 0 atom stereocenters. The molecule has 106 valence electrons. The minimum absolute atomic E-state index is 0.0223. The van der Waals surface area contributed by atoms with Crippen molar-refractivity contribution in [1.82, 2.24) is 9.97 Å². The van der Waals surface area contributed by atoms with Crippen molar-refractivity contribution >= 4 is 0 Å². The minimum atomic E-state index is -0.964. The van der Waals surface area contributed by atoms with Crippen LogP contribution in [0.5, 0.6) is 0 Å². The molecule has 1 heterocycles. The lowest BCUT2D eigenvalue weighted by atomic mass is 10.0. The van der Waals surface area contributed by atoms with Gasteiger partial charge in [-0.25, -0.2) is 13.8 Å². The summed E-state index contributed by atoms with van der Waals surface area (Å²) in [5, 5.41) is 0. The van der Waals surface area contributed by atoms with E-state index in [0.29, 0.717) is 12.2 Å². The third-order valence-corrected chi connectivity index (χ3v) is 3.22. The second-order valence-electron chi connectivity index (χ2n) is 4.79. The van der Waals surface area contributed by atoms with Crippen molar-refractivity contribution in [2.45, 2.75) is 33.6 Å². The lowest BCUT2D eigenvalue weighted by molar-refractivity contribution is 0.505. The number of benzene rings is 1. The molecule has 3 nitrogen and oxygen atoms in total. The Morgan fingerprint density at radius 1 is 1.20 bits per heavy atom. The summed E-state index contributed by atoms with van der Waals surface area (Å²) < 4.78 is 27.7. The molecule has 0 unspecified atom stereocenters. The number of H-pyrrole nitrogens is 1. The smallest absolute Gasteiger partial charge is 0.254 e. The molecule has 0 aliphatic carbocycles. The number of rotatable bonds is 3. The molecule has 0 aliphatic rings. The molecule has 0 saturated carbocycles. The van der Waals surface area contributed by atoms with Crippen molar-refractivity contribution in [3.05, 3.63) is 51.1 Å². The number of hydrogen-bond acceptors (Lipinski definition) is 2. The Morgan fingerprint density at radius 2 is 1.90 bits per heavy atom. The van der Waals surface area contributed by atoms with E-state index >= 15 is 0 Å². The quantitative estimate of drug-likeness (QED) is 0.936. The lowest BCUT2D eigenvalue weighted by Gasteiger charge is -2.09. The van der Waals surface area contributed by atoms with Crippen LogP contribution in [0.2, 0.25) is 0 Å². The van der Waals surface area contributed by atoms with Crippen molar-refractivity contribution in [3.8, 4) is 11.3 Å². The summed E-state index contributed by atoms with van der Waals surface area (Å²) in [5.41, 5.74) is 0.413. The summed E-state index contributed by atoms with van der Waals surface area (Å²) in [5.74, 6) is -1.38. The lowest BCUT2D eigenvalue weighted by Crippen LogP contribution is -2.16. The fourth-order valence-corrected chi connectivity index (χ4v) is 2.03. The Hall–Kier alpha value is -2.04. The fourth-order valence-electron chi connectivity index (χ4n) is 2.03. The molecule has 0 amide bonds. The summed E-state index contributed by atoms with van der Waals surface area (Å²) in [7, 11) is 0. The number of nitrogens with one attached hydrogen (secondary N) is 1. The van der Waals surface area contributed by atoms with E-state index in [4.69, 9.17) is 0 Å². The Balaban J connectivity index is 2.69. The highest BCUT2D eigenvalue weighted by atomic mass is 19.2. The zero-order chi connectivity index (χ0) is 14.9. The van der Waals surface area contributed by atoms with E-state index < -0.39 is 11.6 Å². The molecule has 5 heteroatoms. The maximum atomic E-state index is 14.1. The van der Waals surface area contributed by atoms with Gasteiger partial charge in [-0.3, -0.25) is 4.79 Å². The molecule has 2 aromatic rings. The van der Waals surface area contributed by atoms with Gasteiger partial charge in [-0.05, 0) is 31.9 Å². The maximum absolute atomic E-state index is 14.1. The standard InChI is InChI=1S/C15H16F2N2O/c1-4-5-11-18-14(9(3)15(20)19-11)10-7-6-8(2)12(16)13(10)17/h6-7H,4-5H2,1-3H3,(H,18,19,20). The van der Waals surface area contributed by atoms with Gasteiger partial charge in [0.15, 0.2) is 11.6 Å². The molecule has 0 spiro atoms. The van der Waals surface area contributed by atoms with Gasteiger partial charge in [-0.15, -0.1) is 0 Å². The summed E-state index contributed by atoms with van der Waals surface area (Å²) in [6, 6.07) is 2.94. The van der Waals surface area contributed by atoms with Gasteiger partial charge in [0.1, 0.15) is 5.82 Å². The number of halogens is 2. The molecule has 0 saturated heterocycles. The third-order valence-electron chi connectivity index (χ3n) is 3.22. The fraction of sp³-hybridized carbons (Fsp3) is 0.333. The van der Waals surface area contributed by atoms with Gasteiger partial charge in [0.25, 0.3) is 5.56 Å². The summed E-state index contributed by atoms with van der Waals surface area (Å²) in [4.78, 5) is 18.8. The topological polar surface area (TPSA) is 45.8 Å². The van der Waals surface area contributed by atoms with Crippen LogP contribution in [0.25, 0.3) is 11.3 Å². The highest BCUT2D eigenvalue weighted by molar-refractivity contribution is 5.63. The van der Waals surface area contributed by atoms with Crippen LogP contribution < -0.4 is 5.56 Å². The number of aromatic nitrogens is 2. The zero-order valence-corrected chi connectivity index (χ0v) is 11.7. The van der Waals surface area contributed by atoms with Crippen molar-refractivity contribution < 1.29 is 8.78 Å². The second kappa shape index (κ2) is 5.53. The molecule has 0 bridgehead atoms. The summed E-state index contributed by atoms with van der Waals surface area (Å²) >= 11 is 0.